The largest absolute Gasteiger partial charge is 0.324 e. The van der Waals surface area contributed by atoms with Gasteiger partial charge in [-0.3, -0.25) is 4.72 Å². The molecule has 0 radical (unpaired) electrons. The first kappa shape index (κ1) is 14.3. The van der Waals surface area contributed by atoms with E-state index in [1.54, 1.807) is 7.05 Å². The van der Waals surface area contributed by atoms with Gasteiger partial charge < -0.3 is 4.57 Å². The van der Waals surface area contributed by atoms with Crippen LogP contribution in [0.5, 0.6) is 0 Å². The minimum atomic E-state index is -4.04. The van der Waals surface area contributed by atoms with E-state index >= 15 is 0 Å². The molecule has 1 N–H and O–H groups in total. The number of rotatable bonds is 3. The van der Waals surface area contributed by atoms with Gasteiger partial charge in [-0.05, 0) is 18.2 Å². The van der Waals surface area contributed by atoms with E-state index in [1.807, 2.05) is 0 Å². The standard InChI is InChI=1S/C10H8BrClFN3O2S/c1-16-5-14-10(9(16)12)19(17,18)15-8-4-6(11)2-3-7(8)13/h2-5,15H,1H3. The van der Waals surface area contributed by atoms with Gasteiger partial charge in [-0.15, -0.1) is 0 Å². The van der Waals surface area contributed by atoms with Gasteiger partial charge in [-0.25, -0.2) is 9.37 Å². The minimum absolute atomic E-state index is 0.0529. The van der Waals surface area contributed by atoms with Crippen LogP contribution < -0.4 is 4.72 Å². The van der Waals surface area contributed by atoms with Gasteiger partial charge in [-0.2, -0.15) is 8.42 Å². The Morgan fingerprint density at radius 1 is 1.47 bits per heavy atom. The number of nitrogens with one attached hydrogen (secondary N) is 1. The molecule has 1 aromatic heterocycles. The molecule has 0 unspecified atom stereocenters. The Balaban J connectivity index is 2.42. The van der Waals surface area contributed by atoms with Crippen molar-refractivity contribution in [3.05, 3.63) is 40.0 Å². The molecule has 1 heterocycles. The van der Waals surface area contributed by atoms with E-state index in [0.717, 1.165) is 6.07 Å². The number of imidazole rings is 1. The monoisotopic (exact) mass is 367 g/mol. The Morgan fingerprint density at radius 2 is 2.16 bits per heavy atom. The number of nitrogens with zero attached hydrogens (tertiary/aromatic N) is 2. The highest BCUT2D eigenvalue weighted by atomic mass is 79.9. The average Bonchev–Trinajstić information content (AvgIpc) is 2.65. The Kier molecular flexibility index (Phi) is 3.84. The minimum Gasteiger partial charge on any atom is -0.324 e. The molecule has 0 aliphatic rings. The molecule has 0 bridgehead atoms. The van der Waals surface area contributed by atoms with Crippen LogP contribution in [0.3, 0.4) is 0 Å². The highest BCUT2D eigenvalue weighted by Gasteiger charge is 2.23. The molecule has 0 atom stereocenters. The fraction of sp³-hybridized carbons (Fsp3) is 0.100. The number of aromatic nitrogens is 2. The van der Waals surface area contributed by atoms with Crippen molar-refractivity contribution < 1.29 is 12.8 Å². The molecule has 0 aliphatic carbocycles. The van der Waals surface area contributed by atoms with E-state index in [2.05, 4.69) is 25.6 Å². The summed E-state index contributed by atoms with van der Waals surface area (Å²) in [4.78, 5) is 3.68. The van der Waals surface area contributed by atoms with Crippen LogP contribution in [0.1, 0.15) is 0 Å². The third kappa shape index (κ3) is 2.90. The quantitative estimate of drug-likeness (QED) is 0.906. The molecule has 0 amide bonds. The number of anilines is 1. The van der Waals surface area contributed by atoms with Crippen molar-refractivity contribution >= 4 is 43.2 Å². The molecule has 0 spiro atoms. The third-order valence-electron chi connectivity index (χ3n) is 2.26. The summed E-state index contributed by atoms with van der Waals surface area (Å²) >= 11 is 8.94. The van der Waals surface area contributed by atoms with Gasteiger partial charge in [0.25, 0.3) is 10.0 Å². The lowest BCUT2D eigenvalue weighted by atomic mass is 10.3. The Labute approximate surface area is 122 Å². The maximum atomic E-state index is 13.5. The molecule has 1 aromatic carbocycles. The third-order valence-corrected chi connectivity index (χ3v) is 4.61. The van der Waals surface area contributed by atoms with Gasteiger partial charge in [0.1, 0.15) is 11.0 Å². The van der Waals surface area contributed by atoms with Crippen LogP contribution in [-0.4, -0.2) is 18.0 Å². The fourth-order valence-corrected chi connectivity index (χ4v) is 3.20. The van der Waals surface area contributed by atoms with Crippen LogP contribution in [0.4, 0.5) is 10.1 Å². The summed E-state index contributed by atoms with van der Waals surface area (Å²) < 4.78 is 41.6. The van der Waals surface area contributed by atoms with Crippen LogP contribution >= 0.6 is 27.5 Å². The van der Waals surface area contributed by atoms with Crippen molar-refractivity contribution in [1.29, 1.82) is 0 Å². The topological polar surface area (TPSA) is 64.0 Å². The molecule has 102 valence electrons. The average molecular weight is 369 g/mol. The van der Waals surface area contributed by atoms with Crippen molar-refractivity contribution in [3.8, 4) is 0 Å². The summed E-state index contributed by atoms with van der Waals surface area (Å²) in [6.45, 7) is 0. The van der Waals surface area contributed by atoms with Crippen molar-refractivity contribution in [2.75, 3.05) is 4.72 Å². The van der Waals surface area contributed by atoms with Gasteiger partial charge in [0.2, 0.25) is 5.03 Å². The van der Waals surface area contributed by atoms with E-state index in [4.69, 9.17) is 11.6 Å². The first-order valence-corrected chi connectivity index (χ1v) is 7.61. The lowest BCUT2D eigenvalue weighted by Crippen LogP contribution is -2.15. The second-order valence-corrected chi connectivity index (χ2v) is 6.55. The maximum absolute atomic E-state index is 13.5. The highest BCUT2D eigenvalue weighted by Crippen LogP contribution is 2.25. The zero-order valence-corrected chi connectivity index (χ0v) is 12.7. The molecule has 19 heavy (non-hydrogen) atoms. The maximum Gasteiger partial charge on any atom is 0.282 e. The first-order chi connectivity index (χ1) is 8.81. The van der Waals surface area contributed by atoms with E-state index in [-0.39, 0.29) is 15.9 Å². The van der Waals surface area contributed by atoms with E-state index < -0.39 is 15.8 Å². The molecule has 0 aliphatic heterocycles. The Bertz CT molecular complexity index is 732. The van der Waals surface area contributed by atoms with Gasteiger partial charge in [0.05, 0.1) is 12.0 Å². The predicted molar refractivity (Wildman–Crippen MR) is 73.1 cm³/mol. The summed E-state index contributed by atoms with van der Waals surface area (Å²) in [5.74, 6) is -0.696. The molecular weight excluding hydrogens is 361 g/mol. The number of benzene rings is 1. The molecule has 0 saturated carbocycles. The van der Waals surface area contributed by atoms with Gasteiger partial charge in [0, 0.05) is 11.5 Å². The Morgan fingerprint density at radius 3 is 2.74 bits per heavy atom. The summed E-state index contributed by atoms with van der Waals surface area (Å²) in [5, 5.41) is -0.404. The van der Waals surface area contributed by atoms with Crippen LogP contribution in [0, 0.1) is 5.82 Å². The Hall–Kier alpha value is -1.12. The van der Waals surface area contributed by atoms with Crippen molar-refractivity contribution in [2.24, 2.45) is 7.05 Å². The molecule has 2 rings (SSSR count). The number of hydrogen-bond acceptors (Lipinski definition) is 3. The van der Waals surface area contributed by atoms with E-state index in [1.165, 1.54) is 23.0 Å². The highest BCUT2D eigenvalue weighted by molar-refractivity contribution is 9.10. The zero-order valence-electron chi connectivity index (χ0n) is 9.56. The number of halogens is 3. The fourth-order valence-electron chi connectivity index (χ4n) is 1.34. The smallest absolute Gasteiger partial charge is 0.282 e. The molecule has 5 nitrogen and oxygen atoms in total. The number of sulfonamides is 1. The van der Waals surface area contributed by atoms with Crippen LogP contribution in [-0.2, 0) is 17.1 Å². The summed E-state index contributed by atoms with van der Waals surface area (Å²) in [7, 11) is -2.49. The predicted octanol–water partition coefficient (Wildman–Crippen LogP) is 2.78. The van der Waals surface area contributed by atoms with Crippen LogP contribution in [0.2, 0.25) is 5.15 Å². The molecule has 0 saturated heterocycles. The van der Waals surface area contributed by atoms with Crippen molar-refractivity contribution in [2.45, 2.75) is 5.03 Å². The lowest BCUT2D eigenvalue weighted by Gasteiger charge is -2.07. The van der Waals surface area contributed by atoms with E-state index in [0.29, 0.717) is 4.47 Å². The molecular formula is C10H8BrClFN3O2S. The van der Waals surface area contributed by atoms with Crippen LogP contribution in [0.15, 0.2) is 34.0 Å². The van der Waals surface area contributed by atoms with Crippen LogP contribution in [0.25, 0.3) is 0 Å². The van der Waals surface area contributed by atoms with Gasteiger partial charge in [0.15, 0.2) is 0 Å². The lowest BCUT2D eigenvalue weighted by molar-refractivity contribution is 0.595. The second-order valence-electron chi connectivity index (χ2n) is 3.68. The summed E-state index contributed by atoms with van der Waals surface area (Å²) in [6.07, 6.45) is 1.26. The summed E-state index contributed by atoms with van der Waals surface area (Å²) in [5.41, 5.74) is -0.184. The molecule has 2 aromatic rings. The number of aryl methyl sites for hydroxylation is 1. The van der Waals surface area contributed by atoms with Gasteiger partial charge >= 0.3 is 0 Å². The second kappa shape index (κ2) is 5.10. The molecule has 9 heteroatoms. The van der Waals surface area contributed by atoms with E-state index in [9.17, 15) is 12.8 Å². The first-order valence-electron chi connectivity index (χ1n) is 4.96. The normalized spacial score (nSPS) is 11.6. The number of hydrogen-bond donors (Lipinski definition) is 1. The zero-order chi connectivity index (χ0) is 14.2. The SMILES string of the molecule is Cn1cnc(S(=O)(=O)Nc2cc(Br)ccc2F)c1Cl. The molecule has 0 fully saturated rings. The van der Waals surface area contributed by atoms with Gasteiger partial charge in [-0.1, -0.05) is 27.5 Å². The summed E-state index contributed by atoms with van der Waals surface area (Å²) in [6, 6.07) is 3.91. The van der Waals surface area contributed by atoms with Crippen molar-refractivity contribution in [1.82, 2.24) is 9.55 Å². The van der Waals surface area contributed by atoms with Crippen molar-refractivity contribution in [3.63, 3.8) is 0 Å².